The number of nitrogens with one attached hydrogen (secondary N) is 1. The Labute approximate surface area is 118 Å². The molecule has 0 spiro atoms. The molecule has 2 rings (SSSR count). The van der Waals surface area contributed by atoms with E-state index in [9.17, 15) is 4.79 Å². The van der Waals surface area contributed by atoms with Gasteiger partial charge in [-0.25, -0.2) is 14.8 Å². The number of methoxy groups -OCH3 is 1. The average molecular weight is 280 g/mol. The lowest BCUT2D eigenvalue weighted by Gasteiger charge is -2.31. The van der Waals surface area contributed by atoms with E-state index in [-0.39, 0.29) is 6.09 Å². The van der Waals surface area contributed by atoms with Crippen LogP contribution in [0, 0.1) is 0 Å². The van der Waals surface area contributed by atoms with Gasteiger partial charge in [-0.2, -0.15) is 0 Å². The first-order chi connectivity index (χ1) is 9.72. The molecule has 0 aliphatic carbocycles. The SMILES string of the molecule is CCOC(=O)N1CCC(Nc2cc(OC)ncn2)CC1. The number of piperidine rings is 1. The molecule has 0 atom stereocenters. The van der Waals surface area contributed by atoms with Crippen LogP contribution in [0.4, 0.5) is 10.6 Å². The van der Waals surface area contributed by atoms with Gasteiger partial charge in [-0.15, -0.1) is 0 Å². The number of aromatic nitrogens is 2. The maximum Gasteiger partial charge on any atom is 0.409 e. The molecule has 0 bridgehead atoms. The minimum absolute atomic E-state index is 0.227. The predicted octanol–water partition coefficient (Wildman–Crippen LogP) is 1.52. The molecule has 7 nitrogen and oxygen atoms in total. The van der Waals surface area contributed by atoms with Gasteiger partial charge in [0.15, 0.2) is 0 Å². The molecule has 20 heavy (non-hydrogen) atoms. The van der Waals surface area contributed by atoms with Crippen LogP contribution in [0.25, 0.3) is 0 Å². The molecule has 1 aliphatic heterocycles. The van der Waals surface area contributed by atoms with Gasteiger partial charge >= 0.3 is 6.09 Å². The molecule has 1 N–H and O–H groups in total. The van der Waals surface area contributed by atoms with Crippen molar-refractivity contribution in [3.8, 4) is 5.88 Å². The molecule has 1 aromatic rings. The molecule has 7 heteroatoms. The second-order valence-corrected chi connectivity index (χ2v) is 4.55. The lowest BCUT2D eigenvalue weighted by molar-refractivity contribution is 0.0983. The van der Waals surface area contributed by atoms with Crippen LogP contribution in [-0.2, 0) is 4.74 Å². The number of carbonyl (C=O) groups is 1. The fraction of sp³-hybridized carbons (Fsp3) is 0.615. The second kappa shape index (κ2) is 6.93. The third-order valence-electron chi connectivity index (χ3n) is 3.22. The van der Waals surface area contributed by atoms with Crippen LogP contribution < -0.4 is 10.1 Å². The van der Waals surface area contributed by atoms with E-state index in [0.717, 1.165) is 18.7 Å². The zero-order valence-electron chi connectivity index (χ0n) is 11.8. The minimum Gasteiger partial charge on any atom is -0.481 e. The topological polar surface area (TPSA) is 76.6 Å². The number of carbonyl (C=O) groups excluding carboxylic acids is 1. The van der Waals surface area contributed by atoms with Gasteiger partial charge in [-0.3, -0.25) is 0 Å². The zero-order chi connectivity index (χ0) is 14.4. The van der Waals surface area contributed by atoms with E-state index in [1.54, 1.807) is 18.1 Å². The minimum atomic E-state index is -0.227. The lowest BCUT2D eigenvalue weighted by atomic mass is 10.1. The van der Waals surface area contributed by atoms with Crippen LogP contribution in [0.15, 0.2) is 12.4 Å². The summed E-state index contributed by atoms with van der Waals surface area (Å²) in [7, 11) is 1.57. The molecular weight excluding hydrogens is 260 g/mol. The van der Waals surface area contributed by atoms with Crippen molar-refractivity contribution in [1.29, 1.82) is 0 Å². The summed E-state index contributed by atoms with van der Waals surface area (Å²) in [6.45, 7) is 3.61. The Bertz CT molecular complexity index is 447. The van der Waals surface area contributed by atoms with Crippen LogP contribution >= 0.6 is 0 Å². The van der Waals surface area contributed by atoms with E-state index in [2.05, 4.69) is 15.3 Å². The number of hydrogen-bond acceptors (Lipinski definition) is 6. The number of nitrogens with zero attached hydrogens (tertiary/aromatic N) is 3. The summed E-state index contributed by atoms with van der Waals surface area (Å²) in [4.78, 5) is 21.5. The molecule has 110 valence electrons. The van der Waals surface area contributed by atoms with Crippen LogP contribution in [-0.4, -0.2) is 53.8 Å². The second-order valence-electron chi connectivity index (χ2n) is 4.55. The van der Waals surface area contributed by atoms with Crippen molar-refractivity contribution >= 4 is 11.9 Å². The van der Waals surface area contributed by atoms with E-state index in [4.69, 9.17) is 9.47 Å². The molecule has 1 fully saturated rings. The van der Waals surface area contributed by atoms with Crippen LogP contribution in [0.1, 0.15) is 19.8 Å². The number of ether oxygens (including phenoxy) is 2. The maximum atomic E-state index is 11.6. The molecule has 0 saturated carbocycles. The molecule has 1 amide bonds. The largest absolute Gasteiger partial charge is 0.481 e. The van der Waals surface area contributed by atoms with Crippen molar-refractivity contribution in [3.05, 3.63) is 12.4 Å². The van der Waals surface area contributed by atoms with E-state index < -0.39 is 0 Å². The highest BCUT2D eigenvalue weighted by Crippen LogP contribution is 2.17. The number of amides is 1. The quantitative estimate of drug-likeness (QED) is 0.901. The lowest BCUT2D eigenvalue weighted by Crippen LogP contribution is -2.42. The van der Waals surface area contributed by atoms with Crippen LogP contribution in [0.2, 0.25) is 0 Å². The van der Waals surface area contributed by atoms with Crippen molar-refractivity contribution in [2.45, 2.75) is 25.8 Å². The highest BCUT2D eigenvalue weighted by atomic mass is 16.6. The number of likely N-dealkylation sites (tertiary alicyclic amines) is 1. The summed E-state index contributed by atoms with van der Waals surface area (Å²) in [5.74, 6) is 1.28. The summed E-state index contributed by atoms with van der Waals surface area (Å²) in [5, 5.41) is 3.34. The summed E-state index contributed by atoms with van der Waals surface area (Å²) in [5.41, 5.74) is 0. The predicted molar refractivity (Wildman–Crippen MR) is 73.8 cm³/mol. The fourth-order valence-electron chi connectivity index (χ4n) is 2.16. The third-order valence-corrected chi connectivity index (χ3v) is 3.22. The van der Waals surface area contributed by atoms with Gasteiger partial charge in [0.05, 0.1) is 13.7 Å². The number of hydrogen-bond donors (Lipinski definition) is 1. The first-order valence-corrected chi connectivity index (χ1v) is 6.77. The highest BCUT2D eigenvalue weighted by molar-refractivity contribution is 5.67. The van der Waals surface area contributed by atoms with Crippen LogP contribution in [0.3, 0.4) is 0 Å². The first-order valence-electron chi connectivity index (χ1n) is 6.77. The van der Waals surface area contributed by atoms with Gasteiger partial charge in [0, 0.05) is 25.2 Å². The zero-order valence-corrected chi connectivity index (χ0v) is 11.8. The first kappa shape index (κ1) is 14.4. The molecule has 0 unspecified atom stereocenters. The van der Waals surface area contributed by atoms with E-state index in [0.29, 0.717) is 31.6 Å². The molecule has 0 radical (unpaired) electrons. The Hall–Kier alpha value is -2.05. The Kier molecular flexibility index (Phi) is 4.97. The Morgan fingerprint density at radius 1 is 1.45 bits per heavy atom. The van der Waals surface area contributed by atoms with Crippen molar-refractivity contribution in [2.75, 3.05) is 32.1 Å². The standard InChI is InChI=1S/C13H20N4O3/c1-3-20-13(18)17-6-4-10(5-7-17)16-11-8-12(19-2)15-9-14-11/h8-10H,3-7H2,1-2H3,(H,14,15,16). The van der Waals surface area contributed by atoms with Gasteiger partial charge in [-0.05, 0) is 19.8 Å². The molecule has 1 aromatic heterocycles. The number of anilines is 1. The number of rotatable bonds is 4. The van der Waals surface area contributed by atoms with Gasteiger partial charge in [0.25, 0.3) is 0 Å². The van der Waals surface area contributed by atoms with Gasteiger partial charge in [-0.1, -0.05) is 0 Å². The summed E-state index contributed by atoms with van der Waals surface area (Å²) in [6.07, 6.45) is 2.97. The normalized spacial score (nSPS) is 15.8. The van der Waals surface area contributed by atoms with Gasteiger partial charge in [0.1, 0.15) is 12.1 Å². The summed E-state index contributed by atoms with van der Waals surface area (Å²) in [6, 6.07) is 2.05. The van der Waals surface area contributed by atoms with Crippen molar-refractivity contribution in [1.82, 2.24) is 14.9 Å². The van der Waals surface area contributed by atoms with Crippen molar-refractivity contribution in [3.63, 3.8) is 0 Å². The Morgan fingerprint density at radius 3 is 2.85 bits per heavy atom. The molecule has 1 aliphatic rings. The van der Waals surface area contributed by atoms with Gasteiger partial charge in [0.2, 0.25) is 5.88 Å². The van der Waals surface area contributed by atoms with Crippen LogP contribution in [0.5, 0.6) is 5.88 Å². The highest BCUT2D eigenvalue weighted by Gasteiger charge is 2.23. The average Bonchev–Trinajstić information content (AvgIpc) is 2.48. The summed E-state index contributed by atoms with van der Waals surface area (Å²) >= 11 is 0. The fourth-order valence-corrected chi connectivity index (χ4v) is 2.16. The van der Waals surface area contributed by atoms with E-state index >= 15 is 0 Å². The molecule has 0 aromatic carbocycles. The molecule has 2 heterocycles. The smallest absolute Gasteiger partial charge is 0.409 e. The van der Waals surface area contributed by atoms with E-state index in [1.165, 1.54) is 6.33 Å². The monoisotopic (exact) mass is 280 g/mol. The summed E-state index contributed by atoms with van der Waals surface area (Å²) < 4.78 is 10.1. The Morgan fingerprint density at radius 2 is 2.20 bits per heavy atom. The third kappa shape index (κ3) is 3.72. The van der Waals surface area contributed by atoms with E-state index in [1.807, 2.05) is 6.92 Å². The Balaban J connectivity index is 1.83. The molecule has 1 saturated heterocycles. The van der Waals surface area contributed by atoms with Crippen molar-refractivity contribution in [2.24, 2.45) is 0 Å². The van der Waals surface area contributed by atoms with Crippen molar-refractivity contribution < 1.29 is 14.3 Å². The molecular formula is C13H20N4O3. The maximum absolute atomic E-state index is 11.6. The van der Waals surface area contributed by atoms with Gasteiger partial charge < -0.3 is 19.7 Å².